The molecule has 144 valence electrons. The predicted octanol–water partition coefficient (Wildman–Crippen LogP) is 0.521. The molecule has 27 heavy (non-hydrogen) atoms. The summed E-state index contributed by atoms with van der Waals surface area (Å²) in [5.74, 6) is -1.63. The number of hydrogen-bond acceptors (Lipinski definition) is 9. The fraction of sp³-hybridized carbons (Fsp3) is 0.214. The van der Waals surface area contributed by atoms with E-state index in [4.69, 9.17) is 9.84 Å². The molecular weight excluding hydrogens is 383 g/mol. The first-order chi connectivity index (χ1) is 12.8. The van der Waals surface area contributed by atoms with Crippen LogP contribution >= 0.6 is 0 Å². The number of carbonyl (C=O) groups is 2. The van der Waals surface area contributed by atoms with Crippen LogP contribution in [-0.2, 0) is 10.0 Å². The molecule has 0 aliphatic heterocycles. The molecule has 0 saturated heterocycles. The lowest BCUT2D eigenvalue weighted by Crippen LogP contribution is -2.35. The number of hydrogen-bond donors (Lipinski definition) is 4. The van der Waals surface area contributed by atoms with E-state index in [1.54, 1.807) is 11.6 Å². The van der Waals surface area contributed by atoms with Crippen molar-refractivity contribution >= 4 is 33.9 Å². The smallest absolute Gasteiger partial charge is 0.337 e. The van der Waals surface area contributed by atoms with E-state index in [-0.39, 0.29) is 24.5 Å². The van der Waals surface area contributed by atoms with Gasteiger partial charge in [-0.2, -0.15) is 15.0 Å². The largest absolute Gasteiger partial charge is 0.478 e. The van der Waals surface area contributed by atoms with Gasteiger partial charge < -0.3 is 15.2 Å². The first kappa shape index (κ1) is 19.8. The Morgan fingerprint density at radius 1 is 1.15 bits per heavy atom. The Morgan fingerprint density at radius 3 is 2.44 bits per heavy atom. The van der Waals surface area contributed by atoms with E-state index in [1.807, 2.05) is 0 Å². The maximum absolute atomic E-state index is 12.3. The Balaban J connectivity index is 2.23. The lowest BCUT2D eigenvalue weighted by atomic mass is 10.2. The molecule has 0 saturated carbocycles. The lowest BCUT2D eigenvalue weighted by molar-refractivity contribution is 0.0692. The minimum absolute atomic E-state index is 0.0776. The van der Waals surface area contributed by atoms with Crippen molar-refractivity contribution in [3.8, 4) is 6.01 Å². The lowest BCUT2D eigenvalue weighted by Gasteiger charge is -2.10. The average molecular weight is 399 g/mol. The van der Waals surface area contributed by atoms with Gasteiger partial charge in [0, 0.05) is 7.05 Å². The van der Waals surface area contributed by atoms with Crippen molar-refractivity contribution in [2.75, 3.05) is 24.3 Å². The Kier molecular flexibility index (Phi) is 6.07. The summed E-state index contributed by atoms with van der Waals surface area (Å²) in [5.41, 5.74) is -0.478. The molecule has 0 fully saturated rings. The van der Waals surface area contributed by atoms with Crippen molar-refractivity contribution in [2.24, 2.45) is 0 Å². The number of rotatable bonds is 7. The van der Waals surface area contributed by atoms with Crippen LogP contribution in [0, 0.1) is 0 Å². The van der Waals surface area contributed by atoms with Crippen LogP contribution in [0.2, 0.25) is 0 Å². The first-order valence-corrected chi connectivity index (χ1v) is 8.98. The Morgan fingerprint density at radius 2 is 1.81 bits per heavy atom. The van der Waals surface area contributed by atoms with Crippen LogP contribution in [-0.4, -0.2) is 54.1 Å². The van der Waals surface area contributed by atoms with E-state index in [0.29, 0.717) is 0 Å². The van der Waals surface area contributed by atoms with Gasteiger partial charge in [-0.05, 0) is 19.1 Å². The number of anilines is 2. The Hall–Kier alpha value is -3.48. The van der Waals surface area contributed by atoms with E-state index in [1.165, 1.54) is 19.2 Å². The summed E-state index contributed by atoms with van der Waals surface area (Å²) in [6.07, 6.45) is 0. The van der Waals surface area contributed by atoms with Gasteiger partial charge in [-0.3, -0.25) is 5.32 Å². The summed E-state index contributed by atoms with van der Waals surface area (Å²) in [4.78, 5) is 34.2. The minimum Gasteiger partial charge on any atom is -0.478 e. The van der Waals surface area contributed by atoms with Crippen LogP contribution in [0.1, 0.15) is 17.3 Å². The van der Waals surface area contributed by atoms with Crippen molar-refractivity contribution in [3.63, 3.8) is 0 Å². The van der Waals surface area contributed by atoms with E-state index < -0.39 is 32.5 Å². The highest BCUT2D eigenvalue weighted by Gasteiger charge is 2.24. The van der Waals surface area contributed by atoms with Crippen LogP contribution in [0.3, 0.4) is 0 Å². The third-order valence-corrected chi connectivity index (χ3v) is 4.36. The number of urea groups is 1. The highest BCUT2D eigenvalue weighted by Crippen LogP contribution is 2.16. The molecule has 13 heteroatoms. The van der Waals surface area contributed by atoms with Gasteiger partial charge in [-0.1, -0.05) is 12.1 Å². The molecule has 0 unspecified atom stereocenters. The number of amides is 2. The topological polar surface area (TPSA) is 172 Å². The Bertz CT molecular complexity index is 964. The number of nitrogens with zero attached hydrogens (tertiary/aromatic N) is 3. The molecule has 4 N–H and O–H groups in total. The van der Waals surface area contributed by atoms with E-state index in [9.17, 15) is 18.0 Å². The SMILES string of the molecule is CCO[13c]1n[13c](NC)n[13c](NC(=O)NS(=O)(=O)c2ccccc2C(=O)O)n1. The van der Waals surface area contributed by atoms with Gasteiger partial charge in [0.05, 0.1) is 12.2 Å². The number of carboxylic acid groups (broad SMARTS) is 1. The maximum Gasteiger partial charge on any atom is 0.337 e. The number of benzene rings is 1. The third-order valence-electron chi connectivity index (χ3n) is 2.97. The molecule has 0 spiro atoms. The molecular formula is C14H16N6O6S. The molecule has 12 nitrogen and oxygen atoms in total. The van der Waals surface area contributed by atoms with Crippen LogP contribution in [0.5, 0.6) is 6.01 Å². The monoisotopic (exact) mass is 399 g/mol. The van der Waals surface area contributed by atoms with Gasteiger partial charge in [0.25, 0.3) is 10.0 Å². The molecule has 0 aliphatic carbocycles. The van der Waals surface area contributed by atoms with Crippen LogP contribution in [0.25, 0.3) is 0 Å². The maximum atomic E-state index is 12.3. The number of aromatic carboxylic acids is 1. The molecule has 2 aromatic rings. The summed E-state index contributed by atoms with van der Waals surface area (Å²) < 4.78 is 31.5. The molecule has 1 aromatic heterocycles. The molecule has 0 radical (unpaired) electrons. The van der Waals surface area contributed by atoms with Crippen LogP contribution < -0.4 is 20.1 Å². The number of carboxylic acids is 1. The summed E-state index contributed by atoms with van der Waals surface area (Å²) in [5, 5.41) is 13.9. The second kappa shape index (κ2) is 8.27. The second-order valence-corrected chi connectivity index (χ2v) is 6.46. The van der Waals surface area contributed by atoms with E-state index in [2.05, 4.69) is 25.6 Å². The van der Waals surface area contributed by atoms with Crippen molar-refractivity contribution in [3.05, 3.63) is 29.8 Å². The molecule has 0 atom stereocenters. The van der Waals surface area contributed by atoms with Gasteiger partial charge in [-0.25, -0.2) is 22.7 Å². The number of sulfonamides is 1. The number of ether oxygens (including phenoxy) is 1. The minimum atomic E-state index is -4.45. The molecule has 0 bridgehead atoms. The van der Waals surface area contributed by atoms with E-state index in [0.717, 1.165) is 12.1 Å². The highest BCUT2D eigenvalue weighted by molar-refractivity contribution is 7.90. The van der Waals surface area contributed by atoms with Gasteiger partial charge in [0.1, 0.15) is 4.90 Å². The second-order valence-electron chi connectivity index (χ2n) is 4.81. The summed E-state index contributed by atoms with van der Waals surface area (Å²) in [6, 6.07) is 3.60. The van der Waals surface area contributed by atoms with Gasteiger partial charge in [0.15, 0.2) is 0 Å². The highest BCUT2D eigenvalue weighted by atomic mass is 32.2. The van der Waals surface area contributed by atoms with Crippen molar-refractivity contribution in [2.45, 2.75) is 11.8 Å². The average Bonchev–Trinajstić information content (AvgIpc) is 2.61. The summed E-state index contributed by atoms with van der Waals surface area (Å²) in [7, 11) is -2.92. The molecule has 2 rings (SSSR count). The van der Waals surface area contributed by atoms with Crippen LogP contribution in [0.4, 0.5) is 16.7 Å². The molecule has 2 amide bonds. The zero-order chi connectivity index (χ0) is 20.0. The summed E-state index contributed by atoms with van der Waals surface area (Å²) in [6.45, 7) is 1.97. The van der Waals surface area contributed by atoms with Crippen molar-refractivity contribution in [1.29, 1.82) is 0 Å². The van der Waals surface area contributed by atoms with Crippen molar-refractivity contribution < 1.29 is 27.9 Å². The van der Waals surface area contributed by atoms with Gasteiger partial charge >= 0.3 is 18.0 Å². The Labute approximate surface area is 154 Å². The van der Waals surface area contributed by atoms with E-state index >= 15 is 0 Å². The normalized spacial score (nSPS) is 10.7. The number of aromatic nitrogens is 3. The first-order valence-electron chi connectivity index (χ1n) is 7.49. The van der Waals surface area contributed by atoms with Crippen molar-refractivity contribution in [1.82, 2.24) is 19.7 Å². The molecule has 0 aliphatic rings. The summed E-state index contributed by atoms with van der Waals surface area (Å²) >= 11 is 0. The fourth-order valence-corrected chi connectivity index (χ4v) is 3.01. The van der Waals surface area contributed by atoms with Crippen LogP contribution in [0.15, 0.2) is 29.2 Å². The molecule has 1 aromatic carbocycles. The number of carbonyl (C=O) groups excluding carboxylic acids is 1. The zero-order valence-corrected chi connectivity index (χ0v) is 15.1. The molecule has 1 heterocycles. The quantitative estimate of drug-likeness (QED) is 0.514. The number of nitrogens with one attached hydrogen (secondary N) is 3. The fourth-order valence-electron chi connectivity index (χ4n) is 1.90. The van der Waals surface area contributed by atoms with Gasteiger partial charge in [-0.15, -0.1) is 0 Å². The predicted molar refractivity (Wildman–Crippen MR) is 93.3 cm³/mol. The van der Waals surface area contributed by atoms with Gasteiger partial charge in [0.2, 0.25) is 11.9 Å². The zero-order valence-electron chi connectivity index (χ0n) is 14.3. The standard InChI is InChI=1S/C14H16N6O6S/c1-3-26-14-18-11(15-2)16-12(19-14)17-13(23)20-27(24,25)9-7-5-4-6-8(9)10(21)22/h4-7H,3H2,1-2H3,(H,21,22)(H3,15,16,17,18,19,20,23)/i11+1,12+1,14+1. The third kappa shape index (κ3) is 5.01.